The Kier molecular flexibility index (Phi) is 5.76. The summed E-state index contributed by atoms with van der Waals surface area (Å²) in [5.41, 5.74) is 1.44. The van der Waals surface area contributed by atoms with Crippen molar-refractivity contribution in [2.75, 3.05) is 13.1 Å². The Morgan fingerprint density at radius 2 is 1.59 bits per heavy atom. The number of ether oxygens (including phenoxy) is 1. The Balaban J connectivity index is 2.04. The van der Waals surface area contributed by atoms with Gasteiger partial charge in [0, 0.05) is 13.1 Å². The van der Waals surface area contributed by atoms with Crippen LogP contribution < -0.4 is 10.2 Å². The molecule has 0 atom stereocenters. The van der Waals surface area contributed by atoms with Crippen LogP contribution in [0, 0.1) is 0 Å². The number of benzene rings is 2. The van der Waals surface area contributed by atoms with Gasteiger partial charge in [0.05, 0.1) is 0 Å². The van der Waals surface area contributed by atoms with Gasteiger partial charge in [-0.1, -0.05) is 30.3 Å². The summed E-state index contributed by atoms with van der Waals surface area (Å²) in [5, 5.41) is 18.4. The van der Waals surface area contributed by atoms with Crippen molar-refractivity contribution in [2.24, 2.45) is 0 Å². The molecule has 154 valence electrons. The highest BCUT2D eigenvalue weighted by atomic mass is 32.2. The molecule has 29 heavy (non-hydrogen) atoms. The Labute approximate surface area is 167 Å². The predicted molar refractivity (Wildman–Crippen MR) is 102 cm³/mol. The summed E-state index contributed by atoms with van der Waals surface area (Å²) >= 11 is 0. The van der Waals surface area contributed by atoms with E-state index in [0.29, 0.717) is 5.75 Å². The maximum Gasteiger partial charge on any atom is 0.407 e. The van der Waals surface area contributed by atoms with E-state index in [2.05, 4.69) is 0 Å². The third-order valence-corrected chi connectivity index (χ3v) is 7.52. The lowest BCUT2D eigenvalue weighted by Gasteiger charge is -2.38. The first kappa shape index (κ1) is 20.6. The number of sulfone groups is 1. The SMILES string of the molecule is O=C(O)N1CCC(C(=O)NO)(S(=O)(=O)c2ccccc2Oc2ccccc2)CC1. The van der Waals surface area contributed by atoms with Crippen LogP contribution in [0.25, 0.3) is 0 Å². The van der Waals surface area contributed by atoms with Gasteiger partial charge in [0.1, 0.15) is 16.4 Å². The molecule has 2 aromatic carbocycles. The van der Waals surface area contributed by atoms with Crippen molar-refractivity contribution in [3.05, 3.63) is 54.6 Å². The fourth-order valence-corrected chi connectivity index (χ4v) is 5.42. The second kappa shape index (κ2) is 8.10. The molecule has 1 aliphatic rings. The minimum Gasteiger partial charge on any atom is -0.465 e. The highest BCUT2D eigenvalue weighted by molar-refractivity contribution is 7.93. The normalized spacial score (nSPS) is 16.1. The number of carbonyl (C=O) groups is 2. The highest BCUT2D eigenvalue weighted by Crippen LogP contribution is 2.40. The number of carbonyl (C=O) groups excluding carboxylic acids is 1. The number of likely N-dealkylation sites (tertiary alicyclic amines) is 1. The summed E-state index contributed by atoms with van der Waals surface area (Å²) in [7, 11) is -4.35. The van der Waals surface area contributed by atoms with Crippen LogP contribution in [0.3, 0.4) is 0 Å². The van der Waals surface area contributed by atoms with Crippen molar-refractivity contribution in [3.8, 4) is 11.5 Å². The van der Waals surface area contributed by atoms with Crippen LogP contribution in [-0.2, 0) is 14.6 Å². The molecule has 3 N–H and O–H groups in total. The molecule has 0 spiro atoms. The van der Waals surface area contributed by atoms with Crippen LogP contribution in [0.1, 0.15) is 12.8 Å². The van der Waals surface area contributed by atoms with Crippen molar-refractivity contribution in [1.29, 1.82) is 0 Å². The van der Waals surface area contributed by atoms with Crippen LogP contribution in [0.4, 0.5) is 4.79 Å². The molecule has 3 rings (SSSR count). The Morgan fingerprint density at radius 3 is 2.17 bits per heavy atom. The number of para-hydroxylation sites is 2. The van der Waals surface area contributed by atoms with E-state index in [0.717, 1.165) is 4.90 Å². The van der Waals surface area contributed by atoms with E-state index in [1.54, 1.807) is 36.4 Å². The number of hydrogen-bond acceptors (Lipinski definition) is 6. The minimum atomic E-state index is -4.35. The number of carboxylic acid groups (broad SMARTS) is 1. The molecule has 2 amide bonds. The Bertz CT molecular complexity index is 1000. The number of nitrogens with one attached hydrogen (secondary N) is 1. The Hall–Kier alpha value is -3.11. The molecule has 1 saturated heterocycles. The third kappa shape index (κ3) is 3.76. The molecular formula is C19H20N2O7S. The fraction of sp³-hybridized carbons (Fsp3) is 0.263. The van der Waals surface area contributed by atoms with Gasteiger partial charge in [-0.3, -0.25) is 10.0 Å². The van der Waals surface area contributed by atoms with Crippen LogP contribution in [0.15, 0.2) is 59.5 Å². The zero-order valence-electron chi connectivity index (χ0n) is 15.3. The molecule has 0 aliphatic carbocycles. The number of piperidine rings is 1. The van der Waals surface area contributed by atoms with Gasteiger partial charge in [-0.25, -0.2) is 18.7 Å². The van der Waals surface area contributed by atoms with E-state index >= 15 is 0 Å². The van der Waals surface area contributed by atoms with Gasteiger partial charge in [0.25, 0.3) is 5.91 Å². The molecule has 1 heterocycles. The first-order chi connectivity index (χ1) is 13.8. The van der Waals surface area contributed by atoms with Crippen molar-refractivity contribution in [2.45, 2.75) is 22.5 Å². The van der Waals surface area contributed by atoms with E-state index in [4.69, 9.17) is 9.84 Å². The van der Waals surface area contributed by atoms with Crippen LogP contribution >= 0.6 is 0 Å². The molecule has 0 bridgehead atoms. The zero-order chi connectivity index (χ0) is 21.1. The van der Waals surface area contributed by atoms with Gasteiger partial charge in [0.2, 0.25) is 0 Å². The van der Waals surface area contributed by atoms with Gasteiger partial charge in [-0.2, -0.15) is 0 Å². The van der Waals surface area contributed by atoms with Gasteiger partial charge in [-0.15, -0.1) is 0 Å². The standard InChI is InChI=1S/C19H20N2O7S/c22-17(20-25)19(10-12-21(13-11-19)18(23)24)29(26,27)16-9-5-4-8-15(16)28-14-6-2-1-3-7-14/h1-9,25H,10-13H2,(H,20,22)(H,23,24). The van der Waals surface area contributed by atoms with Gasteiger partial charge in [0.15, 0.2) is 14.6 Å². The molecule has 0 unspecified atom stereocenters. The first-order valence-corrected chi connectivity index (χ1v) is 10.3. The molecule has 1 aliphatic heterocycles. The van der Waals surface area contributed by atoms with Crippen molar-refractivity contribution >= 4 is 21.8 Å². The fourth-order valence-electron chi connectivity index (χ4n) is 3.36. The monoisotopic (exact) mass is 420 g/mol. The molecule has 2 aromatic rings. The van der Waals surface area contributed by atoms with Gasteiger partial charge >= 0.3 is 6.09 Å². The van der Waals surface area contributed by atoms with E-state index in [1.165, 1.54) is 23.7 Å². The van der Waals surface area contributed by atoms with Crippen LogP contribution in [0.2, 0.25) is 0 Å². The molecule has 1 fully saturated rings. The quantitative estimate of drug-likeness (QED) is 0.499. The Morgan fingerprint density at radius 1 is 1.00 bits per heavy atom. The largest absolute Gasteiger partial charge is 0.465 e. The lowest BCUT2D eigenvalue weighted by atomic mass is 9.95. The number of hydrogen-bond donors (Lipinski definition) is 3. The number of rotatable bonds is 5. The van der Waals surface area contributed by atoms with E-state index < -0.39 is 26.6 Å². The highest BCUT2D eigenvalue weighted by Gasteiger charge is 2.54. The lowest BCUT2D eigenvalue weighted by Crippen LogP contribution is -2.58. The van der Waals surface area contributed by atoms with Gasteiger partial charge < -0.3 is 14.7 Å². The van der Waals surface area contributed by atoms with Crippen LogP contribution in [-0.4, -0.2) is 53.5 Å². The predicted octanol–water partition coefficient (Wildman–Crippen LogP) is 2.27. The summed E-state index contributed by atoms with van der Waals surface area (Å²) < 4.78 is 30.9. The van der Waals surface area contributed by atoms with Crippen molar-refractivity contribution < 1.29 is 33.1 Å². The molecule has 9 nitrogen and oxygen atoms in total. The number of nitrogens with zero attached hydrogens (tertiary/aromatic N) is 1. The van der Waals surface area contributed by atoms with Crippen molar-refractivity contribution in [1.82, 2.24) is 10.4 Å². The summed E-state index contributed by atoms with van der Waals surface area (Å²) in [6.07, 6.45) is -1.80. The smallest absolute Gasteiger partial charge is 0.407 e. The summed E-state index contributed by atoms with van der Waals surface area (Å²) in [6.45, 7) is -0.326. The van der Waals surface area contributed by atoms with E-state index in [1.807, 2.05) is 0 Å². The van der Waals surface area contributed by atoms with E-state index in [-0.39, 0.29) is 36.6 Å². The topological polar surface area (TPSA) is 133 Å². The molecule has 10 heteroatoms. The maximum absolute atomic E-state index is 13.6. The van der Waals surface area contributed by atoms with Gasteiger partial charge in [-0.05, 0) is 37.1 Å². The first-order valence-electron chi connectivity index (χ1n) is 8.81. The molecular weight excluding hydrogens is 400 g/mol. The lowest BCUT2D eigenvalue weighted by molar-refractivity contribution is -0.133. The number of amides is 2. The molecule has 0 aromatic heterocycles. The average Bonchev–Trinajstić information content (AvgIpc) is 2.74. The second-order valence-electron chi connectivity index (χ2n) is 6.57. The number of hydroxylamine groups is 1. The van der Waals surface area contributed by atoms with E-state index in [9.17, 15) is 23.2 Å². The minimum absolute atomic E-state index is 0.0319. The van der Waals surface area contributed by atoms with Crippen LogP contribution in [0.5, 0.6) is 11.5 Å². The molecule has 0 radical (unpaired) electrons. The summed E-state index contributed by atoms with van der Waals surface area (Å²) in [6, 6.07) is 14.5. The molecule has 0 saturated carbocycles. The third-order valence-electron chi connectivity index (χ3n) is 4.98. The summed E-state index contributed by atoms with van der Waals surface area (Å²) in [4.78, 5) is 24.5. The average molecular weight is 420 g/mol. The second-order valence-corrected chi connectivity index (χ2v) is 8.80. The summed E-state index contributed by atoms with van der Waals surface area (Å²) in [5.74, 6) is -0.655. The van der Waals surface area contributed by atoms with Crippen molar-refractivity contribution in [3.63, 3.8) is 0 Å². The maximum atomic E-state index is 13.6. The zero-order valence-corrected chi connectivity index (χ0v) is 16.1.